The molecule has 176 valence electrons. The standard InChI is InChI=1S/C24H24F3NO3Se2/c1-5-30-23(29)16(4)31-20-11-10-19(12-14(20)2)32-13-21-15(3)28-22(33-21)17-6-8-18(9-7-17)24(25,26)27/h6-12,16H,5,13H2,1-4H3. The summed E-state index contributed by atoms with van der Waals surface area (Å²) in [5.74, 6) is 0.267. The second-order valence-corrected chi connectivity index (χ2v) is 11.8. The van der Waals surface area contributed by atoms with Crippen molar-refractivity contribution in [1.29, 1.82) is 0 Å². The van der Waals surface area contributed by atoms with Crippen LogP contribution >= 0.6 is 0 Å². The first-order chi connectivity index (χ1) is 15.6. The van der Waals surface area contributed by atoms with E-state index in [0.717, 1.165) is 38.8 Å². The maximum atomic E-state index is 12.8. The third-order valence-corrected chi connectivity index (χ3v) is 10.4. The SMILES string of the molecule is CCOC(=O)C(C)Oc1ccc([Se]Cc2[se]c(-c3ccc(C(F)(F)F)cc3)nc2C)cc1C. The first kappa shape index (κ1) is 25.6. The summed E-state index contributed by atoms with van der Waals surface area (Å²) in [5.41, 5.74) is 2.02. The molecule has 0 bridgehead atoms. The number of benzene rings is 2. The topological polar surface area (TPSA) is 48.4 Å². The summed E-state index contributed by atoms with van der Waals surface area (Å²) in [5, 5.41) is 0.894. The van der Waals surface area contributed by atoms with Gasteiger partial charge in [0.25, 0.3) is 0 Å². The van der Waals surface area contributed by atoms with Crippen LogP contribution in [0.5, 0.6) is 5.75 Å². The third-order valence-electron chi connectivity index (χ3n) is 4.79. The second kappa shape index (κ2) is 10.9. The van der Waals surface area contributed by atoms with Crippen LogP contribution in [-0.2, 0) is 21.0 Å². The van der Waals surface area contributed by atoms with Crippen LogP contribution in [0.25, 0.3) is 10.1 Å². The summed E-state index contributed by atoms with van der Waals surface area (Å²) in [6.07, 6.45) is -5.01. The number of nitrogens with zero attached hydrogens (tertiary/aromatic N) is 1. The summed E-state index contributed by atoms with van der Waals surface area (Å²) in [4.78, 5) is 16.4. The van der Waals surface area contributed by atoms with Gasteiger partial charge >= 0.3 is 204 Å². The summed E-state index contributed by atoms with van der Waals surface area (Å²) < 4.78 is 52.5. The first-order valence-corrected chi connectivity index (χ1v) is 14.1. The minimum absolute atomic E-state index is 0.00124. The van der Waals surface area contributed by atoms with Crippen molar-refractivity contribution in [3.05, 3.63) is 63.7 Å². The second-order valence-electron chi connectivity index (χ2n) is 7.33. The Morgan fingerprint density at radius 2 is 1.85 bits per heavy atom. The van der Waals surface area contributed by atoms with E-state index in [1.807, 2.05) is 26.0 Å². The normalized spacial score (nSPS) is 12.5. The van der Waals surface area contributed by atoms with E-state index in [1.165, 1.54) is 21.0 Å². The van der Waals surface area contributed by atoms with Crippen LogP contribution in [0.2, 0.25) is 0 Å². The van der Waals surface area contributed by atoms with Crippen molar-refractivity contribution in [2.45, 2.75) is 45.3 Å². The molecule has 1 atom stereocenters. The van der Waals surface area contributed by atoms with E-state index in [4.69, 9.17) is 9.47 Å². The number of esters is 1. The number of ether oxygens (including phenoxy) is 2. The molecule has 0 amide bonds. The Bertz CT molecular complexity index is 1110. The predicted molar refractivity (Wildman–Crippen MR) is 123 cm³/mol. The molecule has 33 heavy (non-hydrogen) atoms. The molecule has 0 aliphatic rings. The summed E-state index contributed by atoms with van der Waals surface area (Å²) in [7, 11) is 0. The zero-order chi connectivity index (χ0) is 24.2. The molecule has 0 saturated heterocycles. The average Bonchev–Trinajstić information content (AvgIpc) is 3.14. The molecule has 2 aromatic carbocycles. The van der Waals surface area contributed by atoms with Crippen molar-refractivity contribution in [1.82, 2.24) is 4.98 Å². The molecule has 0 spiro atoms. The maximum absolute atomic E-state index is 12.8. The van der Waals surface area contributed by atoms with E-state index in [-0.39, 0.29) is 35.4 Å². The van der Waals surface area contributed by atoms with Gasteiger partial charge in [-0.15, -0.1) is 0 Å². The average molecular weight is 589 g/mol. The third kappa shape index (κ3) is 6.73. The number of aromatic nitrogens is 1. The van der Waals surface area contributed by atoms with Gasteiger partial charge < -0.3 is 0 Å². The Kier molecular flexibility index (Phi) is 8.46. The monoisotopic (exact) mass is 591 g/mol. The van der Waals surface area contributed by atoms with Gasteiger partial charge in [0.2, 0.25) is 0 Å². The molecule has 0 radical (unpaired) electrons. The molecule has 0 saturated carbocycles. The number of rotatable bonds is 8. The molecule has 1 heterocycles. The Balaban J connectivity index is 1.65. The summed E-state index contributed by atoms with van der Waals surface area (Å²) >= 11 is 0.179. The van der Waals surface area contributed by atoms with Gasteiger partial charge in [-0.2, -0.15) is 0 Å². The van der Waals surface area contributed by atoms with Gasteiger partial charge in [-0.1, -0.05) is 0 Å². The molecule has 9 heteroatoms. The van der Waals surface area contributed by atoms with Crippen LogP contribution < -0.4 is 9.20 Å². The van der Waals surface area contributed by atoms with E-state index in [1.54, 1.807) is 13.8 Å². The van der Waals surface area contributed by atoms with Gasteiger partial charge in [-0.3, -0.25) is 0 Å². The Morgan fingerprint density at radius 3 is 2.45 bits per heavy atom. The van der Waals surface area contributed by atoms with E-state index in [0.29, 0.717) is 12.4 Å². The quantitative estimate of drug-likeness (QED) is 0.291. The molecule has 3 aromatic rings. The van der Waals surface area contributed by atoms with Gasteiger partial charge in [0.15, 0.2) is 0 Å². The van der Waals surface area contributed by atoms with Crippen LogP contribution in [0.1, 0.15) is 35.1 Å². The molecule has 0 aliphatic heterocycles. The molecular weight excluding hydrogens is 565 g/mol. The fraction of sp³-hybridized carbons (Fsp3) is 0.333. The van der Waals surface area contributed by atoms with Gasteiger partial charge in [0.1, 0.15) is 0 Å². The van der Waals surface area contributed by atoms with E-state index < -0.39 is 17.8 Å². The van der Waals surface area contributed by atoms with Crippen LogP contribution in [0.4, 0.5) is 13.2 Å². The Morgan fingerprint density at radius 1 is 1.15 bits per heavy atom. The van der Waals surface area contributed by atoms with Crippen LogP contribution in [0.3, 0.4) is 0 Å². The molecule has 0 fully saturated rings. The number of hydrogen-bond acceptors (Lipinski definition) is 4. The summed E-state index contributed by atoms with van der Waals surface area (Å²) in [6.45, 7) is 7.65. The number of carbonyl (C=O) groups excluding carboxylic acids is 1. The molecular formula is C24H24F3NO3Se2. The molecule has 0 N–H and O–H groups in total. The van der Waals surface area contributed by atoms with E-state index in [9.17, 15) is 18.0 Å². The summed E-state index contributed by atoms with van der Waals surface area (Å²) in [6, 6.07) is 11.2. The molecule has 1 unspecified atom stereocenters. The first-order valence-electron chi connectivity index (χ1n) is 10.3. The molecule has 1 aromatic heterocycles. The van der Waals surface area contributed by atoms with Gasteiger partial charge in [0, 0.05) is 0 Å². The predicted octanol–water partition coefficient (Wildman–Crippen LogP) is 4.30. The van der Waals surface area contributed by atoms with Crippen molar-refractivity contribution < 1.29 is 27.4 Å². The van der Waals surface area contributed by atoms with Gasteiger partial charge in [-0.05, 0) is 0 Å². The zero-order valence-corrected chi connectivity index (χ0v) is 22.1. The van der Waals surface area contributed by atoms with Crippen LogP contribution in [-0.4, -0.2) is 53.1 Å². The molecule has 4 nitrogen and oxygen atoms in total. The van der Waals surface area contributed by atoms with Crippen molar-refractivity contribution in [3.8, 4) is 15.9 Å². The number of hydrogen-bond donors (Lipinski definition) is 0. The van der Waals surface area contributed by atoms with Gasteiger partial charge in [0.05, 0.1) is 0 Å². The molecule has 3 rings (SSSR count). The van der Waals surface area contributed by atoms with Crippen molar-refractivity contribution in [2.75, 3.05) is 6.61 Å². The number of carbonyl (C=O) groups is 1. The fourth-order valence-corrected chi connectivity index (χ4v) is 8.15. The fourth-order valence-electron chi connectivity index (χ4n) is 2.98. The van der Waals surface area contributed by atoms with Crippen molar-refractivity contribution >= 4 is 39.9 Å². The minimum atomic E-state index is -4.33. The van der Waals surface area contributed by atoms with E-state index >= 15 is 0 Å². The number of halogens is 3. The number of alkyl halides is 3. The Hall–Kier alpha value is -2.05. The zero-order valence-electron chi connectivity index (χ0n) is 18.7. The number of aryl methyl sites for hydroxylation is 2. The van der Waals surface area contributed by atoms with Crippen molar-refractivity contribution in [3.63, 3.8) is 0 Å². The van der Waals surface area contributed by atoms with Gasteiger partial charge in [-0.25, -0.2) is 0 Å². The Labute approximate surface area is 203 Å². The van der Waals surface area contributed by atoms with Crippen LogP contribution in [0.15, 0.2) is 42.5 Å². The van der Waals surface area contributed by atoms with E-state index in [2.05, 4.69) is 11.1 Å². The van der Waals surface area contributed by atoms with Crippen LogP contribution in [0, 0.1) is 13.8 Å². The molecule has 0 aliphatic carbocycles. The van der Waals surface area contributed by atoms with Crippen molar-refractivity contribution in [2.24, 2.45) is 0 Å².